The van der Waals surface area contributed by atoms with Gasteiger partial charge in [-0.15, -0.1) is 0 Å². The molecule has 37 heavy (non-hydrogen) atoms. The van der Waals surface area contributed by atoms with Crippen LogP contribution in [0.25, 0.3) is 5.69 Å². The third-order valence-electron chi connectivity index (χ3n) is 6.71. The summed E-state index contributed by atoms with van der Waals surface area (Å²) < 4.78 is 15.5. The van der Waals surface area contributed by atoms with Crippen molar-refractivity contribution in [1.82, 2.24) is 19.8 Å². The van der Waals surface area contributed by atoms with Gasteiger partial charge >= 0.3 is 0 Å². The first kappa shape index (κ1) is 24.6. The number of carbonyl (C=O) groups excluding carboxylic acids is 1. The van der Waals surface area contributed by atoms with Crippen LogP contribution < -0.4 is 10.6 Å². The second kappa shape index (κ2) is 10.5. The van der Waals surface area contributed by atoms with Gasteiger partial charge in [-0.3, -0.25) is 9.78 Å². The van der Waals surface area contributed by atoms with Crippen molar-refractivity contribution in [3.8, 4) is 5.69 Å². The van der Waals surface area contributed by atoms with Crippen LogP contribution in [0.1, 0.15) is 41.1 Å². The largest absolute Gasteiger partial charge is 0.352 e. The molecule has 4 aromatic rings. The minimum absolute atomic E-state index is 0.148. The summed E-state index contributed by atoms with van der Waals surface area (Å²) in [6.45, 7) is 4.63. The highest BCUT2D eigenvalue weighted by atomic mass is 32.1. The normalized spacial score (nSPS) is 17.1. The molecule has 0 bridgehead atoms. The minimum atomic E-state index is -0.344. The quantitative estimate of drug-likeness (QED) is 0.314. The molecule has 1 aliphatic rings. The fourth-order valence-corrected chi connectivity index (χ4v) is 5.36. The third-order valence-corrected chi connectivity index (χ3v) is 7.06. The van der Waals surface area contributed by atoms with E-state index in [1.165, 1.54) is 12.1 Å². The van der Waals surface area contributed by atoms with E-state index in [2.05, 4.69) is 57.1 Å². The molecule has 5 rings (SSSR count). The molecule has 6 nitrogen and oxygen atoms in total. The molecule has 0 unspecified atom stereocenters. The van der Waals surface area contributed by atoms with Gasteiger partial charge < -0.3 is 20.1 Å². The molecule has 0 radical (unpaired) electrons. The number of nitrogens with one attached hydrogen (secondary N) is 2. The van der Waals surface area contributed by atoms with Crippen molar-refractivity contribution in [3.05, 3.63) is 114 Å². The maximum absolute atomic E-state index is 13.2. The number of hydrogen-bond donors (Lipinski definition) is 2. The van der Waals surface area contributed by atoms with E-state index in [4.69, 9.17) is 12.2 Å². The molecule has 8 heteroatoms. The highest BCUT2D eigenvalue weighted by Crippen LogP contribution is 2.41. The van der Waals surface area contributed by atoms with Gasteiger partial charge in [0, 0.05) is 41.9 Å². The van der Waals surface area contributed by atoms with Gasteiger partial charge in [-0.05, 0) is 86.2 Å². The lowest BCUT2D eigenvalue weighted by Gasteiger charge is -2.28. The van der Waals surface area contributed by atoms with Crippen LogP contribution in [-0.4, -0.2) is 32.0 Å². The number of nitrogens with zero attached hydrogens (tertiary/aromatic N) is 3. The highest BCUT2D eigenvalue weighted by molar-refractivity contribution is 7.80. The second-order valence-electron chi connectivity index (χ2n) is 9.12. The molecule has 1 amide bonds. The molecule has 1 aliphatic heterocycles. The van der Waals surface area contributed by atoms with Gasteiger partial charge in [-0.2, -0.15) is 0 Å². The lowest BCUT2D eigenvalue weighted by molar-refractivity contribution is -0.116. The van der Waals surface area contributed by atoms with E-state index in [0.717, 1.165) is 28.3 Å². The fraction of sp³-hybridized carbons (Fsp3) is 0.207. The van der Waals surface area contributed by atoms with E-state index in [0.29, 0.717) is 17.3 Å². The van der Waals surface area contributed by atoms with Crippen molar-refractivity contribution in [2.45, 2.75) is 32.4 Å². The average Bonchev–Trinajstić information content (AvgIpc) is 3.39. The predicted octanol–water partition coefficient (Wildman–Crippen LogP) is 5.63. The number of benzene rings is 2. The van der Waals surface area contributed by atoms with Gasteiger partial charge in [0.1, 0.15) is 5.82 Å². The molecule has 2 aromatic carbocycles. The van der Waals surface area contributed by atoms with E-state index < -0.39 is 0 Å². The Hall–Kier alpha value is -4.04. The molecule has 0 aliphatic carbocycles. The van der Waals surface area contributed by atoms with E-state index in [1.807, 2.05) is 36.4 Å². The van der Waals surface area contributed by atoms with Crippen LogP contribution in [0.2, 0.25) is 0 Å². The molecule has 1 fully saturated rings. The Balaban J connectivity index is 1.45. The molecule has 0 saturated carbocycles. The number of thiocarbonyl (C=S) groups is 1. The molecule has 188 valence electrons. The van der Waals surface area contributed by atoms with Crippen LogP contribution in [0.4, 0.5) is 10.1 Å². The van der Waals surface area contributed by atoms with Gasteiger partial charge in [0.15, 0.2) is 5.11 Å². The first-order chi connectivity index (χ1) is 17.9. The zero-order chi connectivity index (χ0) is 25.9. The molecule has 2 atom stereocenters. The van der Waals surface area contributed by atoms with E-state index in [1.54, 1.807) is 18.3 Å². The van der Waals surface area contributed by atoms with Crippen LogP contribution in [0.15, 0.2) is 85.1 Å². The number of halogens is 1. The van der Waals surface area contributed by atoms with Crippen LogP contribution >= 0.6 is 12.2 Å². The molecule has 0 spiro atoms. The van der Waals surface area contributed by atoms with Gasteiger partial charge in [0.25, 0.3) is 0 Å². The first-order valence-electron chi connectivity index (χ1n) is 12.2. The smallest absolute Gasteiger partial charge is 0.226 e. The summed E-state index contributed by atoms with van der Waals surface area (Å²) in [5, 5.41) is 6.88. The number of para-hydroxylation sites is 1. The van der Waals surface area contributed by atoms with Crippen molar-refractivity contribution in [2.75, 3.05) is 11.9 Å². The molecule has 1 saturated heterocycles. The molecular formula is C29H28FN5OS. The zero-order valence-corrected chi connectivity index (χ0v) is 21.5. The Morgan fingerprint density at radius 2 is 1.78 bits per heavy atom. The molecular weight excluding hydrogens is 485 g/mol. The van der Waals surface area contributed by atoms with Crippen LogP contribution in [0, 0.1) is 19.7 Å². The Morgan fingerprint density at radius 1 is 1.05 bits per heavy atom. The summed E-state index contributed by atoms with van der Waals surface area (Å²) in [5.74, 6) is -0.507. The average molecular weight is 514 g/mol. The number of hydrogen-bond acceptors (Lipinski definition) is 3. The van der Waals surface area contributed by atoms with Crippen molar-refractivity contribution >= 4 is 28.9 Å². The first-order valence-corrected chi connectivity index (χ1v) is 12.6. The number of aromatic nitrogens is 2. The number of amides is 1. The van der Waals surface area contributed by atoms with E-state index in [9.17, 15) is 9.18 Å². The molecule has 2 N–H and O–H groups in total. The number of carbonyl (C=O) groups is 1. The van der Waals surface area contributed by atoms with Crippen molar-refractivity contribution in [2.24, 2.45) is 0 Å². The Kier molecular flexibility index (Phi) is 7.01. The maximum atomic E-state index is 13.2. The van der Waals surface area contributed by atoms with E-state index in [-0.39, 0.29) is 30.2 Å². The monoisotopic (exact) mass is 513 g/mol. The predicted molar refractivity (Wildman–Crippen MR) is 147 cm³/mol. The lowest BCUT2D eigenvalue weighted by Crippen LogP contribution is -2.32. The van der Waals surface area contributed by atoms with Crippen LogP contribution in [0.3, 0.4) is 0 Å². The Morgan fingerprint density at radius 3 is 2.49 bits per heavy atom. The van der Waals surface area contributed by atoms with Crippen LogP contribution in [0.5, 0.6) is 0 Å². The Labute approximate surface area is 221 Å². The summed E-state index contributed by atoms with van der Waals surface area (Å²) in [4.78, 5) is 19.4. The van der Waals surface area contributed by atoms with Gasteiger partial charge in [0.05, 0.1) is 17.8 Å². The number of anilines is 1. The topological polar surface area (TPSA) is 62.2 Å². The molecule has 2 aromatic heterocycles. The van der Waals surface area contributed by atoms with Crippen molar-refractivity contribution in [3.63, 3.8) is 0 Å². The summed E-state index contributed by atoms with van der Waals surface area (Å²) in [7, 11) is 0. The molecule has 3 heterocycles. The highest BCUT2D eigenvalue weighted by Gasteiger charge is 2.41. The maximum Gasteiger partial charge on any atom is 0.226 e. The second-order valence-corrected chi connectivity index (χ2v) is 9.51. The third kappa shape index (κ3) is 5.11. The summed E-state index contributed by atoms with van der Waals surface area (Å²) in [6.07, 6.45) is 2.01. The van der Waals surface area contributed by atoms with Gasteiger partial charge in [-0.25, -0.2) is 4.39 Å². The van der Waals surface area contributed by atoms with E-state index >= 15 is 0 Å². The van der Waals surface area contributed by atoms with Crippen molar-refractivity contribution in [1.29, 1.82) is 0 Å². The standard InChI is InChI=1S/C29H28FN5OS/c1-19-18-24(20(2)35(19)23-8-4-3-5-9-23)28-27(25-10-6-7-16-31-25)33-29(37)34(28)17-15-26(36)32-22-13-11-21(30)12-14-22/h3-14,16,18,27-28H,15,17H2,1-2H3,(H,32,36)(H,33,37)/t27-,28+/m1/s1. The number of aryl methyl sites for hydroxylation is 1. The Bertz CT molecular complexity index is 1410. The summed E-state index contributed by atoms with van der Waals surface area (Å²) >= 11 is 5.77. The fourth-order valence-electron chi connectivity index (χ4n) is 5.02. The van der Waals surface area contributed by atoms with Crippen LogP contribution in [-0.2, 0) is 4.79 Å². The SMILES string of the molecule is Cc1cc([C@H]2[C@@H](c3ccccn3)NC(=S)N2CCC(=O)Nc2ccc(F)cc2)c(C)n1-c1ccccc1. The van der Waals surface area contributed by atoms with Gasteiger partial charge in [-0.1, -0.05) is 24.3 Å². The minimum Gasteiger partial charge on any atom is -0.352 e. The summed E-state index contributed by atoms with van der Waals surface area (Å²) in [6, 6.07) is 23.7. The number of rotatable bonds is 7. The summed E-state index contributed by atoms with van der Waals surface area (Å²) in [5.41, 5.74) is 5.90. The van der Waals surface area contributed by atoms with Gasteiger partial charge in [0.2, 0.25) is 5.91 Å². The zero-order valence-electron chi connectivity index (χ0n) is 20.7. The lowest BCUT2D eigenvalue weighted by atomic mass is 9.96. The number of pyridine rings is 1. The van der Waals surface area contributed by atoms with Crippen molar-refractivity contribution < 1.29 is 9.18 Å².